The summed E-state index contributed by atoms with van der Waals surface area (Å²) in [5, 5.41) is 5.62. The predicted molar refractivity (Wildman–Crippen MR) is 127 cm³/mol. The van der Waals surface area contributed by atoms with E-state index in [0.29, 0.717) is 12.2 Å². The smallest absolute Gasteiger partial charge is 0.313 e. The number of thioether (sulfide) groups is 1. The molecule has 4 rings (SSSR count). The van der Waals surface area contributed by atoms with Gasteiger partial charge in [0.25, 0.3) is 0 Å². The molecule has 2 aliphatic rings. The lowest BCUT2D eigenvalue weighted by molar-refractivity contribution is -0.136. The zero-order valence-corrected chi connectivity index (χ0v) is 19.0. The molecule has 7 heteroatoms. The van der Waals surface area contributed by atoms with Crippen LogP contribution in [0.1, 0.15) is 30.0 Å². The van der Waals surface area contributed by atoms with Crippen LogP contribution in [0.25, 0.3) is 0 Å². The summed E-state index contributed by atoms with van der Waals surface area (Å²) in [6, 6.07) is 14.2. The number of carbonyl (C=O) groups excluding carboxylic acids is 2. The van der Waals surface area contributed by atoms with E-state index < -0.39 is 11.8 Å². The Morgan fingerprint density at radius 2 is 1.84 bits per heavy atom. The van der Waals surface area contributed by atoms with E-state index in [0.717, 1.165) is 31.0 Å². The maximum Gasteiger partial charge on any atom is 0.313 e. The number of amides is 2. The molecule has 1 atom stereocenters. The van der Waals surface area contributed by atoms with Gasteiger partial charge in [0.15, 0.2) is 0 Å². The molecule has 0 aliphatic carbocycles. The fraction of sp³-hybridized carbons (Fsp3) is 0.417. The third-order valence-corrected chi connectivity index (χ3v) is 7.01. The Kier molecular flexibility index (Phi) is 6.83. The van der Waals surface area contributed by atoms with E-state index in [1.54, 1.807) is 0 Å². The second kappa shape index (κ2) is 9.75. The van der Waals surface area contributed by atoms with Crippen LogP contribution in [0.3, 0.4) is 0 Å². The van der Waals surface area contributed by atoms with Crippen molar-refractivity contribution in [2.75, 3.05) is 49.7 Å². The minimum atomic E-state index is -0.628. The maximum atomic E-state index is 12.6. The van der Waals surface area contributed by atoms with Gasteiger partial charge in [-0.25, -0.2) is 0 Å². The molecule has 6 nitrogen and oxygen atoms in total. The molecule has 2 aromatic carbocycles. The van der Waals surface area contributed by atoms with Gasteiger partial charge in [-0.05, 0) is 67.9 Å². The molecule has 2 aromatic rings. The topological polar surface area (TPSA) is 64.7 Å². The minimum Gasteiger partial charge on any atom is -0.374 e. The first kappa shape index (κ1) is 21.7. The van der Waals surface area contributed by atoms with Crippen molar-refractivity contribution in [3.63, 3.8) is 0 Å². The molecule has 2 amide bonds. The molecule has 1 saturated heterocycles. The SMILES string of the molecule is CSc1ccccc1NC(=O)C(=O)NC[C@@H](c1ccc2c(c1)CCN2C)N1CCCC1. The molecule has 2 heterocycles. The molecule has 2 aliphatic heterocycles. The van der Waals surface area contributed by atoms with E-state index in [1.807, 2.05) is 30.5 Å². The standard InChI is InChI=1S/C24H30N4O2S/c1-27-14-11-18-15-17(9-10-20(18)27)21(28-12-5-6-13-28)16-25-23(29)24(30)26-19-7-3-4-8-22(19)31-2/h3-4,7-10,15,21H,5-6,11-14,16H2,1-2H3,(H,25,29)(H,26,30)/t21-/m0/s1. The number of fused-ring (bicyclic) bond motifs is 1. The maximum absolute atomic E-state index is 12.6. The van der Waals surface area contributed by atoms with E-state index in [1.165, 1.54) is 41.4 Å². The highest BCUT2D eigenvalue weighted by molar-refractivity contribution is 7.98. The molecule has 0 spiro atoms. The van der Waals surface area contributed by atoms with Gasteiger partial charge in [-0.2, -0.15) is 0 Å². The van der Waals surface area contributed by atoms with E-state index in [4.69, 9.17) is 0 Å². The van der Waals surface area contributed by atoms with Gasteiger partial charge >= 0.3 is 11.8 Å². The minimum absolute atomic E-state index is 0.0777. The number of likely N-dealkylation sites (N-methyl/N-ethyl adjacent to an activating group) is 1. The normalized spacial score (nSPS) is 16.8. The highest BCUT2D eigenvalue weighted by atomic mass is 32.2. The molecule has 0 unspecified atom stereocenters. The lowest BCUT2D eigenvalue weighted by Crippen LogP contribution is -2.41. The average molecular weight is 439 g/mol. The summed E-state index contributed by atoms with van der Waals surface area (Å²) in [4.78, 5) is 30.7. The van der Waals surface area contributed by atoms with Crippen molar-refractivity contribution in [1.82, 2.24) is 10.2 Å². The van der Waals surface area contributed by atoms with Gasteiger partial charge in [0.05, 0.1) is 11.7 Å². The zero-order chi connectivity index (χ0) is 21.8. The van der Waals surface area contributed by atoms with Gasteiger partial charge in [0, 0.05) is 30.7 Å². The Morgan fingerprint density at radius 3 is 2.61 bits per heavy atom. The van der Waals surface area contributed by atoms with Crippen LogP contribution in [0, 0.1) is 0 Å². The highest BCUT2D eigenvalue weighted by Gasteiger charge is 2.27. The first-order valence-electron chi connectivity index (χ1n) is 10.9. The van der Waals surface area contributed by atoms with Crippen LogP contribution in [-0.4, -0.2) is 56.2 Å². The van der Waals surface area contributed by atoms with Crippen molar-refractivity contribution in [1.29, 1.82) is 0 Å². The van der Waals surface area contributed by atoms with Crippen LogP contribution in [0.5, 0.6) is 0 Å². The molecular weight excluding hydrogens is 408 g/mol. The number of likely N-dealkylation sites (tertiary alicyclic amines) is 1. The van der Waals surface area contributed by atoms with Crippen LogP contribution >= 0.6 is 11.8 Å². The van der Waals surface area contributed by atoms with Crippen molar-refractivity contribution in [2.45, 2.75) is 30.2 Å². The van der Waals surface area contributed by atoms with E-state index in [9.17, 15) is 9.59 Å². The molecule has 31 heavy (non-hydrogen) atoms. The molecule has 0 saturated carbocycles. The van der Waals surface area contributed by atoms with E-state index >= 15 is 0 Å². The molecule has 2 N–H and O–H groups in total. The Hall–Kier alpha value is -2.51. The Balaban J connectivity index is 1.44. The number of hydrogen-bond donors (Lipinski definition) is 2. The van der Waals surface area contributed by atoms with Gasteiger partial charge in [0.1, 0.15) is 0 Å². The number of rotatable bonds is 6. The van der Waals surface area contributed by atoms with Gasteiger partial charge < -0.3 is 15.5 Å². The summed E-state index contributed by atoms with van der Waals surface area (Å²) >= 11 is 1.53. The Bertz CT molecular complexity index is 958. The highest BCUT2D eigenvalue weighted by Crippen LogP contribution is 2.32. The van der Waals surface area contributed by atoms with Crippen LogP contribution in [0.15, 0.2) is 47.4 Å². The van der Waals surface area contributed by atoms with Crippen molar-refractivity contribution in [3.05, 3.63) is 53.6 Å². The lowest BCUT2D eigenvalue weighted by Gasteiger charge is -2.28. The Morgan fingerprint density at radius 1 is 1.06 bits per heavy atom. The number of carbonyl (C=O) groups is 2. The van der Waals surface area contributed by atoms with Gasteiger partial charge in [-0.3, -0.25) is 14.5 Å². The van der Waals surface area contributed by atoms with Crippen molar-refractivity contribution in [2.24, 2.45) is 0 Å². The summed E-state index contributed by atoms with van der Waals surface area (Å²) in [5.74, 6) is -1.22. The third-order valence-electron chi connectivity index (χ3n) is 6.21. The molecule has 1 fully saturated rings. The van der Waals surface area contributed by atoms with Gasteiger partial charge in [-0.1, -0.05) is 24.3 Å². The quantitative estimate of drug-likeness (QED) is 0.535. The number of hydrogen-bond acceptors (Lipinski definition) is 5. The molecule has 164 valence electrons. The predicted octanol–water partition coefficient (Wildman–Crippen LogP) is 3.29. The largest absolute Gasteiger partial charge is 0.374 e. The second-order valence-electron chi connectivity index (χ2n) is 8.18. The number of para-hydroxylation sites is 1. The summed E-state index contributed by atoms with van der Waals surface area (Å²) in [6.07, 6.45) is 5.34. The van der Waals surface area contributed by atoms with Gasteiger partial charge in [0.2, 0.25) is 0 Å². The zero-order valence-electron chi connectivity index (χ0n) is 18.2. The molecule has 0 bridgehead atoms. The summed E-state index contributed by atoms with van der Waals surface area (Å²) < 4.78 is 0. The van der Waals surface area contributed by atoms with Crippen LogP contribution in [-0.2, 0) is 16.0 Å². The Labute approximate surface area is 188 Å². The third kappa shape index (κ3) is 4.88. The monoisotopic (exact) mass is 438 g/mol. The van der Waals surface area contributed by atoms with Crippen molar-refractivity contribution in [3.8, 4) is 0 Å². The second-order valence-corrected chi connectivity index (χ2v) is 9.03. The average Bonchev–Trinajstić information content (AvgIpc) is 3.44. The van der Waals surface area contributed by atoms with E-state index in [-0.39, 0.29) is 6.04 Å². The van der Waals surface area contributed by atoms with Crippen molar-refractivity contribution >= 4 is 35.0 Å². The lowest BCUT2D eigenvalue weighted by atomic mass is 10.0. The van der Waals surface area contributed by atoms with Crippen LogP contribution < -0.4 is 15.5 Å². The number of nitrogens with zero attached hydrogens (tertiary/aromatic N) is 2. The fourth-order valence-corrected chi connectivity index (χ4v) is 5.06. The summed E-state index contributed by atoms with van der Waals surface area (Å²) in [5.41, 5.74) is 4.53. The van der Waals surface area contributed by atoms with Gasteiger partial charge in [-0.15, -0.1) is 11.8 Å². The molecule has 0 radical (unpaired) electrons. The first-order chi connectivity index (χ1) is 15.1. The summed E-state index contributed by atoms with van der Waals surface area (Å²) in [7, 11) is 2.12. The van der Waals surface area contributed by atoms with E-state index in [2.05, 4.69) is 45.7 Å². The number of anilines is 2. The fourth-order valence-electron chi connectivity index (χ4n) is 4.50. The number of nitrogens with one attached hydrogen (secondary N) is 2. The molecular formula is C24H30N4O2S. The number of benzene rings is 2. The first-order valence-corrected chi connectivity index (χ1v) is 12.1. The summed E-state index contributed by atoms with van der Waals surface area (Å²) in [6.45, 7) is 3.50. The van der Waals surface area contributed by atoms with Crippen LogP contribution in [0.2, 0.25) is 0 Å². The molecule has 0 aromatic heterocycles. The van der Waals surface area contributed by atoms with Crippen molar-refractivity contribution < 1.29 is 9.59 Å². The van der Waals surface area contributed by atoms with Crippen LogP contribution in [0.4, 0.5) is 11.4 Å².